The van der Waals surface area contributed by atoms with Crippen LogP contribution in [0.15, 0.2) is 36.3 Å². The van der Waals surface area contributed by atoms with Crippen LogP contribution < -0.4 is 11.1 Å². The van der Waals surface area contributed by atoms with Crippen molar-refractivity contribution in [3.05, 3.63) is 36.3 Å². The summed E-state index contributed by atoms with van der Waals surface area (Å²) < 4.78 is 0. The molecule has 2 nitrogen and oxygen atoms in total. The molecule has 1 aliphatic rings. The van der Waals surface area contributed by atoms with Crippen LogP contribution in [0.4, 0.5) is 0 Å². The van der Waals surface area contributed by atoms with Gasteiger partial charge in [-0.2, -0.15) is 0 Å². The number of allylic oxidation sites excluding steroid dienone is 4. The highest BCUT2D eigenvalue weighted by atomic mass is 15.0. The predicted molar refractivity (Wildman–Crippen MR) is 32.6 cm³/mol. The predicted octanol–water partition coefficient (Wildman–Crippen LogP) is 0.784. The molecule has 1 rings (SSSR count). The molecule has 1 radical (unpaired) electrons. The largest absolute Gasteiger partial charge is 0.347 e. The van der Waals surface area contributed by atoms with Crippen molar-refractivity contribution in [2.45, 2.75) is 0 Å². The van der Waals surface area contributed by atoms with Crippen LogP contribution in [0.3, 0.4) is 0 Å². The van der Waals surface area contributed by atoms with E-state index in [9.17, 15) is 0 Å². The second kappa shape index (κ2) is 2.21. The van der Waals surface area contributed by atoms with Crippen molar-refractivity contribution < 1.29 is 0 Å². The van der Waals surface area contributed by atoms with E-state index >= 15 is 0 Å². The van der Waals surface area contributed by atoms with Crippen molar-refractivity contribution >= 4 is 0 Å². The standard InChI is InChI=1S/C6H7N2/c7-6-4-2-1-3-5-8-6/h1-5,7-8H. The summed E-state index contributed by atoms with van der Waals surface area (Å²) in [6, 6.07) is 0. The molecule has 0 aliphatic carbocycles. The number of hydrogen-bond donors (Lipinski definition) is 1. The molecule has 0 atom stereocenters. The molecule has 0 fully saturated rings. The van der Waals surface area contributed by atoms with E-state index < -0.39 is 0 Å². The first-order valence-electron chi connectivity index (χ1n) is 2.41. The van der Waals surface area contributed by atoms with Gasteiger partial charge in [0.2, 0.25) is 0 Å². The Morgan fingerprint density at radius 3 is 3.00 bits per heavy atom. The average molecular weight is 107 g/mol. The van der Waals surface area contributed by atoms with Crippen LogP contribution in [-0.2, 0) is 0 Å². The summed E-state index contributed by atoms with van der Waals surface area (Å²) in [5.41, 5.74) is 7.06. The van der Waals surface area contributed by atoms with Crippen LogP contribution in [-0.4, -0.2) is 0 Å². The minimum Gasteiger partial charge on any atom is -0.347 e. The first-order chi connectivity index (χ1) is 3.89. The van der Waals surface area contributed by atoms with Gasteiger partial charge in [-0.05, 0) is 12.2 Å². The molecule has 0 amide bonds. The molecule has 0 bridgehead atoms. The van der Waals surface area contributed by atoms with Crippen molar-refractivity contribution in [3.8, 4) is 0 Å². The Kier molecular flexibility index (Phi) is 1.37. The van der Waals surface area contributed by atoms with E-state index in [1.54, 1.807) is 12.3 Å². The van der Waals surface area contributed by atoms with Gasteiger partial charge >= 0.3 is 0 Å². The summed E-state index contributed by atoms with van der Waals surface area (Å²) in [5.74, 6) is 0.426. The van der Waals surface area contributed by atoms with Crippen molar-refractivity contribution in [2.24, 2.45) is 0 Å². The zero-order chi connectivity index (χ0) is 5.82. The molecule has 1 heterocycles. The molecule has 2 N–H and O–H groups in total. The van der Waals surface area contributed by atoms with E-state index in [-0.39, 0.29) is 0 Å². The van der Waals surface area contributed by atoms with E-state index in [1.807, 2.05) is 18.2 Å². The van der Waals surface area contributed by atoms with E-state index in [0.717, 1.165) is 0 Å². The highest BCUT2D eigenvalue weighted by Gasteiger charge is 1.82. The van der Waals surface area contributed by atoms with Gasteiger partial charge in [-0.15, -0.1) is 0 Å². The molecule has 2 heteroatoms. The van der Waals surface area contributed by atoms with Gasteiger partial charge in [0.15, 0.2) is 0 Å². The zero-order valence-electron chi connectivity index (χ0n) is 4.39. The van der Waals surface area contributed by atoms with Crippen LogP contribution in [0.25, 0.3) is 0 Å². The van der Waals surface area contributed by atoms with E-state index in [1.165, 1.54) is 0 Å². The fourth-order valence-electron chi connectivity index (χ4n) is 0.457. The monoisotopic (exact) mass is 107 g/mol. The lowest BCUT2D eigenvalue weighted by molar-refractivity contribution is 1.01. The van der Waals surface area contributed by atoms with E-state index in [0.29, 0.717) is 5.82 Å². The lowest BCUT2D eigenvalue weighted by Gasteiger charge is -1.91. The van der Waals surface area contributed by atoms with Gasteiger partial charge in [0.05, 0.1) is 0 Å². The highest BCUT2D eigenvalue weighted by molar-refractivity contribution is 5.18. The van der Waals surface area contributed by atoms with Crippen LogP contribution in [0.5, 0.6) is 0 Å². The fraction of sp³-hybridized carbons (Fsp3) is 0. The highest BCUT2D eigenvalue weighted by Crippen LogP contribution is 1.88. The molecule has 0 aromatic rings. The van der Waals surface area contributed by atoms with Crippen molar-refractivity contribution in [3.63, 3.8) is 0 Å². The first kappa shape index (κ1) is 4.97. The third-order valence-corrected chi connectivity index (χ3v) is 0.820. The summed E-state index contributed by atoms with van der Waals surface area (Å²) in [6.07, 6.45) is 8.95. The Morgan fingerprint density at radius 1 is 1.25 bits per heavy atom. The van der Waals surface area contributed by atoms with Gasteiger partial charge in [-0.25, -0.2) is 0 Å². The zero-order valence-corrected chi connectivity index (χ0v) is 4.39. The first-order valence-corrected chi connectivity index (χ1v) is 2.41. The maximum atomic E-state index is 7.06. The molecular formula is C6H7N2. The van der Waals surface area contributed by atoms with E-state index in [4.69, 9.17) is 5.73 Å². The lowest BCUT2D eigenvalue weighted by Crippen LogP contribution is -2.03. The minimum atomic E-state index is 0.426. The molecule has 0 saturated carbocycles. The molecule has 0 spiro atoms. The minimum absolute atomic E-state index is 0.426. The summed E-state index contributed by atoms with van der Waals surface area (Å²) in [7, 11) is 0. The molecule has 8 heavy (non-hydrogen) atoms. The van der Waals surface area contributed by atoms with Gasteiger partial charge in [-0.1, -0.05) is 12.2 Å². The molecule has 41 valence electrons. The second-order valence-corrected chi connectivity index (χ2v) is 1.47. The number of rotatable bonds is 0. The van der Waals surface area contributed by atoms with Gasteiger partial charge < -0.3 is 5.32 Å². The second-order valence-electron chi connectivity index (χ2n) is 1.47. The Balaban J connectivity index is 2.69. The van der Waals surface area contributed by atoms with Gasteiger partial charge in [-0.3, -0.25) is 5.73 Å². The lowest BCUT2D eigenvalue weighted by atomic mass is 10.5. The Hall–Kier alpha value is -1.18. The molecule has 0 aromatic carbocycles. The summed E-state index contributed by atoms with van der Waals surface area (Å²) in [6.45, 7) is 0. The molecule has 0 aromatic heterocycles. The smallest absolute Gasteiger partial charge is 0.121 e. The third-order valence-electron chi connectivity index (χ3n) is 0.820. The van der Waals surface area contributed by atoms with Gasteiger partial charge in [0, 0.05) is 6.20 Å². The quantitative estimate of drug-likeness (QED) is 0.488. The Morgan fingerprint density at radius 2 is 2.12 bits per heavy atom. The maximum Gasteiger partial charge on any atom is 0.121 e. The molecular weight excluding hydrogens is 100 g/mol. The van der Waals surface area contributed by atoms with Crippen molar-refractivity contribution in [1.29, 1.82) is 0 Å². The summed E-state index contributed by atoms with van der Waals surface area (Å²) in [5, 5.41) is 2.73. The van der Waals surface area contributed by atoms with Gasteiger partial charge in [0.25, 0.3) is 0 Å². The van der Waals surface area contributed by atoms with Crippen LogP contribution in [0.1, 0.15) is 0 Å². The van der Waals surface area contributed by atoms with Crippen LogP contribution in [0, 0.1) is 0 Å². The molecule has 0 saturated heterocycles. The number of hydrogen-bond acceptors (Lipinski definition) is 1. The Bertz CT molecular complexity index is 154. The van der Waals surface area contributed by atoms with Gasteiger partial charge in [0.1, 0.15) is 5.82 Å². The molecule has 0 unspecified atom stereocenters. The van der Waals surface area contributed by atoms with Crippen molar-refractivity contribution in [1.82, 2.24) is 11.1 Å². The van der Waals surface area contributed by atoms with Crippen LogP contribution >= 0.6 is 0 Å². The summed E-state index contributed by atoms with van der Waals surface area (Å²) >= 11 is 0. The third kappa shape index (κ3) is 1.15. The maximum absolute atomic E-state index is 7.06. The number of nitrogens with one attached hydrogen (secondary N) is 2. The van der Waals surface area contributed by atoms with E-state index in [2.05, 4.69) is 5.32 Å². The van der Waals surface area contributed by atoms with Crippen molar-refractivity contribution in [2.75, 3.05) is 0 Å². The topological polar surface area (TPSA) is 35.8 Å². The summed E-state index contributed by atoms with van der Waals surface area (Å²) in [4.78, 5) is 0. The fourth-order valence-corrected chi connectivity index (χ4v) is 0.457. The normalized spacial score (nSPS) is 16.8. The average Bonchev–Trinajstić information content (AvgIpc) is 1.94. The van der Waals surface area contributed by atoms with Crippen LogP contribution in [0.2, 0.25) is 0 Å². The Labute approximate surface area is 48.4 Å². The SMILES string of the molecule is [NH]C1=CC=CC=CN1. The molecule has 1 aliphatic heterocycles.